The molecule has 0 heterocycles. The van der Waals surface area contributed by atoms with Crippen LogP contribution in [0.2, 0.25) is 0 Å². The maximum absolute atomic E-state index is 5.12. The normalized spacial score (nSPS) is 12.1. The molecule has 216 valence electrons. The van der Waals surface area contributed by atoms with Crippen LogP contribution in [0.25, 0.3) is 0 Å². The van der Waals surface area contributed by atoms with E-state index in [0.29, 0.717) is 0 Å². The van der Waals surface area contributed by atoms with Crippen molar-refractivity contribution in [3.8, 4) is 0 Å². The van der Waals surface area contributed by atoms with E-state index in [9.17, 15) is 0 Å². The zero-order valence-corrected chi connectivity index (χ0v) is 26.4. The van der Waals surface area contributed by atoms with E-state index in [0.717, 1.165) is 62.0 Å². The zero-order valence-electron chi connectivity index (χ0n) is 24.8. The molecule has 0 spiro atoms. The minimum absolute atomic E-state index is 0. The van der Waals surface area contributed by atoms with Gasteiger partial charge in [0.2, 0.25) is 0 Å². The summed E-state index contributed by atoms with van der Waals surface area (Å²) in [5, 5.41) is 0. The van der Waals surface area contributed by atoms with E-state index in [1.807, 2.05) is 6.21 Å². The van der Waals surface area contributed by atoms with Gasteiger partial charge in [-0.2, -0.15) is 0 Å². The van der Waals surface area contributed by atoms with Crippen LogP contribution in [0.1, 0.15) is 115 Å². The minimum Gasteiger partial charge on any atom is -0.255 e. The van der Waals surface area contributed by atoms with Gasteiger partial charge in [0.05, 0.1) is 17.1 Å². The molecule has 0 N–H and O–H groups in total. The van der Waals surface area contributed by atoms with Crippen molar-refractivity contribution < 1.29 is 20.4 Å². The third kappa shape index (κ3) is 15.9. The SMILES string of the molecule is CCCCC/C=C/CCc1ccccc1N=CC(CCCC)=Nc1ccccc1CC/C=C/CCCCC.[Pd]. The predicted molar refractivity (Wildman–Crippen MR) is 171 cm³/mol. The first kappa shape index (κ1) is 34.9. The molecule has 0 saturated heterocycles. The maximum atomic E-state index is 5.12. The van der Waals surface area contributed by atoms with Crippen molar-refractivity contribution in [1.82, 2.24) is 0 Å². The maximum Gasteiger partial charge on any atom is 0.0665 e. The molecule has 0 amide bonds. The second kappa shape index (κ2) is 23.8. The first-order valence-electron chi connectivity index (χ1n) is 15.4. The summed E-state index contributed by atoms with van der Waals surface area (Å²) < 4.78 is 0. The first-order valence-corrected chi connectivity index (χ1v) is 15.4. The number of aryl methyl sites for hydroxylation is 2. The van der Waals surface area contributed by atoms with Crippen molar-refractivity contribution in [1.29, 1.82) is 0 Å². The second-order valence-corrected chi connectivity index (χ2v) is 10.2. The standard InChI is InChI=1S/C36H52N2.Pd/c1-4-7-10-12-14-16-18-24-32-26-20-22-29-35(32)37-31-34(28-9-6-3)38-36-30-23-21-27-33(36)25-19-17-15-13-11-8-5-2;/h14-17,20-23,26-27,29-31H,4-13,18-19,24-25,28H2,1-3H3;/b16-14+,17-15+,37-31?,38-34?;. The molecule has 39 heavy (non-hydrogen) atoms. The smallest absolute Gasteiger partial charge is 0.0665 e. The van der Waals surface area contributed by atoms with E-state index in [4.69, 9.17) is 9.98 Å². The van der Waals surface area contributed by atoms with E-state index in [2.05, 4.69) is 93.6 Å². The number of unbranched alkanes of at least 4 members (excludes halogenated alkanes) is 7. The minimum atomic E-state index is 0. The summed E-state index contributed by atoms with van der Waals surface area (Å²) in [5.74, 6) is 0. The van der Waals surface area contributed by atoms with Crippen LogP contribution in [0, 0.1) is 0 Å². The Morgan fingerprint density at radius 2 is 1.08 bits per heavy atom. The number of para-hydroxylation sites is 2. The molecular formula is C36H52N2Pd. The number of hydrogen-bond acceptors (Lipinski definition) is 2. The zero-order chi connectivity index (χ0) is 27.1. The quantitative estimate of drug-likeness (QED) is 0.0610. The molecule has 2 aromatic rings. The van der Waals surface area contributed by atoms with Crippen molar-refractivity contribution in [2.24, 2.45) is 9.98 Å². The molecule has 3 heteroatoms. The van der Waals surface area contributed by atoms with Crippen LogP contribution in [-0.4, -0.2) is 11.9 Å². The summed E-state index contributed by atoms with van der Waals surface area (Å²) in [6.45, 7) is 6.75. The molecule has 0 aliphatic rings. The predicted octanol–water partition coefficient (Wildman–Crippen LogP) is 11.5. The summed E-state index contributed by atoms with van der Waals surface area (Å²) in [4.78, 5) is 10.1. The van der Waals surface area contributed by atoms with Gasteiger partial charge in [0.15, 0.2) is 0 Å². The molecule has 2 nitrogen and oxygen atoms in total. The van der Waals surface area contributed by atoms with E-state index in [1.54, 1.807) is 0 Å². The number of rotatable bonds is 20. The van der Waals surface area contributed by atoms with Crippen LogP contribution in [0.15, 0.2) is 82.8 Å². The topological polar surface area (TPSA) is 24.7 Å². The van der Waals surface area contributed by atoms with Crippen molar-refractivity contribution in [2.45, 2.75) is 117 Å². The van der Waals surface area contributed by atoms with Gasteiger partial charge in [-0.05, 0) is 87.5 Å². The number of nitrogens with zero attached hydrogens (tertiary/aromatic N) is 2. The Morgan fingerprint density at radius 3 is 1.64 bits per heavy atom. The summed E-state index contributed by atoms with van der Waals surface area (Å²) in [6.07, 6.45) is 29.0. The van der Waals surface area contributed by atoms with Crippen molar-refractivity contribution >= 4 is 23.3 Å². The molecule has 0 bridgehead atoms. The molecule has 0 saturated carbocycles. The van der Waals surface area contributed by atoms with Gasteiger partial charge in [0.25, 0.3) is 0 Å². The molecule has 0 radical (unpaired) electrons. The fourth-order valence-corrected chi connectivity index (χ4v) is 4.46. The van der Waals surface area contributed by atoms with E-state index >= 15 is 0 Å². The monoisotopic (exact) mass is 618 g/mol. The van der Waals surface area contributed by atoms with Gasteiger partial charge < -0.3 is 0 Å². The van der Waals surface area contributed by atoms with E-state index in [-0.39, 0.29) is 20.4 Å². The third-order valence-electron chi connectivity index (χ3n) is 6.83. The average Bonchev–Trinajstić information content (AvgIpc) is 2.94. The number of aliphatic imine (C=N–C) groups is 2. The van der Waals surface area contributed by atoms with Crippen LogP contribution in [0.4, 0.5) is 11.4 Å². The number of hydrogen-bond donors (Lipinski definition) is 0. The first-order chi connectivity index (χ1) is 18.8. The molecule has 2 aromatic carbocycles. The van der Waals surface area contributed by atoms with Crippen molar-refractivity contribution in [2.75, 3.05) is 0 Å². The van der Waals surface area contributed by atoms with Crippen LogP contribution in [-0.2, 0) is 33.3 Å². The van der Waals surface area contributed by atoms with Gasteiger partial charge in [-0.15, -0.1) is 0 Å². The van der Waals surface area contributed by atoms with Crippen LogP contribution in [0.3, 0.4) is 0 Å². The molecule has 0 atom stereocenters. The number of benzene rings is 2. The average molecular weight is 619 g/mol. The van der Waals surface area contributed by atoms with E-state index in [1.165, 1.54) is 62.5 Å². The molecule has 2 rings (SSSR count). The fourth-order valence-electron chi connectivity index (χ4n) is 4.46. The Balaban J connectivity index is 0.00000760. The summed E-state index contributed by atoms with van der Waals surface area (Å²) in [5.41, 5.74) is 5.85. The van der Waals surface area contributed by atoms with Gasteiger partial charge in [-0.3, -0.25) is 9.98 Å². The molecule has 0 unspecified atom stereocenters. The van der Waals surface area contributed by atoms with Gasteiger partial charge in [-0.25, -0.2) is 0 Å². The van der Waals surface area contributed by atoms with Crippen LogP contribution < -0.4 is 0 Å². The Morgan fingerprint density at radius 1 is 0.590 bits per heavy atom. The molecule has 0 aromatic heterocycles. The van der Waals surface area contributed by atoms with Crippen molar-refractivity contribution in [3.05, 3.63) is 84.0 Å². The Labute approximate surface area is 253 Å². The van der Waals surface area contributed by atoms with Crippen LogP contribution >= 0.6 is 0 Å². The van der Waals surface area contributed by atoms with Gasteiger partial charge in [0, 0.05) is 26.6 Å². The number of allylic oxidation sites excluding steroid dienone is 4. The van der Waals surface area contributed by atoms with Crippen molar-refractivity contribution in [3.63, 3.8) is 0 Å². The van der Waals surface area contributed by atoms with Gasteiger partial charge in [0.1, 0.15) is 0 Å². The molecule has 0 fully saturated rings. The fraction of sp³-hybridized carbons (Fsp3) is 0.500. The summed E-state index contributed by atoms with van der Waals surface area (Å²) >= 11 is 0. The van der Waals surface area contributed by atoms with Crippen LogP contribution in [0.5, 0.6) is 0 Å². The Hall–Kier alpha value is -2.08. The molecule has 0 aliphatic carbocycles. The third-order valence-corrected chi connectivity index (χ3v) is 6.83. The van der Waals surface area contributed by atoms with E-state index < -0.39 is 0 Å². The molecular weight excluding hydrogens is 567 g/mol. The van der Waals surface area contributed by atoms with Gasteiger partial charge >= 0.3 is 0 Å². The Kier molecular flexibility index (Phi) is 21.3. The summed E-state index contributed by atoms with van der Waals surface area (Å²) in [6, 6.07) is 17.2. The summed E-state index contributed by atoms with van der Waals surface area (Å²) in [7, 11) is 0. The van der Waals surface area contributed by atoms with Gasteiger partial charge in [-0.1, -0.05) is 114 Å². The Bertz CT molecular complexity index is 1000. The molecule has 0 aliphatic heterocycles. The second-order valence-electron chi connectivity index (χ2n) is 10.2. The largest absolute Gasteiger partial charge is 0.255 e.